The minimum Gasteiger partial charge on any atom is -0.357 e. The van der Waals surface area contributed by atoms with Crippen LogP contribution in [0.1, 0.15) is 20.8 Å². The van der Waals surface area contributed by atoms with Crippen LogP contribution in [0.3, 0.4) is 0 Å². The van der Waals surface area contributed by atoms with Gasteiger partial charge >= 0.3 is 0 Å². The topological polar surface area (TPSA) is 41.1 Å². The third kappa shape index (κ3) is 3.23. The van der Waals surface area contributed by atoms with Crippen molar-refractivity contribution in [2.24, 2.45) is 5.92 Å². The minimum atomic E-state index is 0.573. The molecular weight excluding hydrogens is 224 g/mol. The van der Waals surface area contributed by atoms with Gasteiger partial charge in [-0.15, -0.1) is 0 Å². The number of rotatable bonds is 5. The lowest BCUT2D eigenvalue weighted by molar-refractivity contribution is 0.614. The third-order valence-corrected chi connectivity index (χ3v) is 2.48. The van der Waals surface area contributed by atoms with Gasteiger partial charge in [0.05, 0.1) is 6.20 Å². The molecule has 1 aromatic rings. The van der Waals surface area contributed by atoms with E-state index >= 15 is 0 Å². The van der Waals surface area contributed by atoms with Crippen LogP contribution in [0.25, 0.3) is 0 Å². The first-order valence-corrected chi connectivity index (χ1v) is 5.91. The highest BCUT2D eigenvalue weighted by Gasteiger charge is 2.13. The fourth-order valence-corrected chi connectivity index (χ4v) is 1.72. The van der Waals surface area contributed by atoms with E-state index < -0.39 is 0 Å². The van der Waals surface area contributed by atoms with Crippen molar-refractivity contribution in [1.29, 1.82) is 0 Å². The fourth-order valence-electron chi connectivity index (χ4n) is 1.51. The van der Waals surface area contributed by atoms with Crippen LogP contribution in [-0.4, -0.2) is 30.1 Å². The molecule has 0 aliphatic carbocycles. The van der Waals surface area contributed by atoms with E-state index in [9.17, 15) is 0 Å². The molecule has 1 N–H and O–H groups in total. The minimum absolute atomic E-state index is 0.573. The summed E-state index contributed by atoms with van der Waals surface area (Å²) in [6.45, 7) is 8.28. The Morgan fingerprint density at radius 1 is 1.50 bits per heavy atom. The van der Waals surface area contributed by atoms with Crippen LogP contribution < -0.4 is 10.2 Å². The lowest BCUT2D eigenvalue weighted by atomic mass is 10.2. The molecule has 0 fully saturated rings. The average Bonchev–Trinajstić information content (AvgIpc) is 2.26. The first kappa shape index (κ1) is 13.0. The van der Waals surface area contributed by atoms with E-state index in [0.717, 1.165) is 18.9 Å². The highest BCUT2D eigenvalue weighted by molar-refractivity contribution is 6.32. The first-order chi connectivity index (χ1) is 7.58. The van der Waals surface area contributed by atoms with E-state index in [1.165, 1.54) is 0 Å². The number of nitrogens with zero attached hydrogens (tertiary/aromatic N) is 3. The van der Waals surface area contributed by atoms with E-state index in [4.69, 9.17) is 11.6 Å². The smallest absolute Gasteiger partial charge is 0.224 e. The van der Waals surface area contributed by atoms with Crippen molar-refractivity contribution in [3.8, 4) is 0 Å². The maximum atomic E-state index is 6.12. The molecule has 0 saturated carbocycles. The Kier molecular flexibility index (Phi) is 4.80. The van der Waals surface area contributed by atoms with Crippen molar-refractivity contribution >= 4 is 23.4 Å². The second-order valence-corrected chi connectivity index (χ2v) is 4.45. The summed E-state index contributed by atoms with van der Waals surface area (Å²) in [6, 6.07) is 0. The molecule has 0 aliphatic heterocycles. The number of aromatic nitrogens is 2. The average molecular weight is 243 g/mol. The van der Waals surface area contributed by atoms with Gasteiger partial charge in [0.1, 0.15) is 5.02 Å². The van der Waals surface area contributed by atoms with Crippen molar-refractivity contribution < 1.29 is 0 Å². The molecule has 0 amide bonds. The predicted octanol–water partition coefficient (Wildman–Crippen LogP) is 2.65. The van der Waals surface area contributed by atoms with Gasteiger partial charge in [-0.3, -0.25) is 0 Å². The number of hydrogen-bond donors (Lipinski definition) is 1. The summed E-state index contributed by atoms with van der Waals surface area (Å²) < 4.78 is 0. The maximum absolute atomic E-state index is 6.12. The van der Waals surface area contributed by atoms with Crippen LogP contribution in [0.2, 0.25) is 5.02 Å². The molecule has 1 heterocycles. The zero-order valence-corrected chi connectivity index (χ0v) is 11.0. The Morgan fingerprint density at radius 3 is 2.69 bits per heavy atom. The normalized spacial score (nSPS) is 10.6. The van der Waals surface area contributed by atoms with E-state index in [2.05, 4.69) is 41.0 Å². The van der Waals surface area contributed by atoms with Gasteiger partial charge in [0.15, 0.2) is 5.82 Å². The van der Waals surface area contributed by atoms with Crippen molar-refractivity contribution in [2.75, 3.05) is 30.4 Å². The fraction of sp³-hybridized carbons (Fsp3) is 0.636. The van der Waals surface area contributed by atoms with E-state index in [1.807, 2.05) is 0 Å². The maximum Gasteiger partial charge on any atom is 0.224 e. The van der Waals surface area contributed by atoms with Crippen molar-refractivity contribution in [1.82, 2.24) is 9.97 Å². The second kappa shape index (κ2) is 5.89. The van der Waals surface area contributed by atoms with Gasteiger partial charge in [0, 0.05) is 20.1 Å². The summed E-state index contributed by atoms with van der Waals surface area (Å²) in [4.78, 5) is 10.6. The van der Waals surface area contributed by atoms with Crippen LogP contribution >= 0.6 is 11.6 Å². The summed E-state index contributed by atoms with van der Waals surface area (Å²) in [5, 5.41) is 3.52. The van der Waals surface area contributed by atoms with Gasteiger partial charge in [-0.1, -0.05) is 25.4 Å². The van der Waals surface area contributed by atoms with Crippen molar-refractivity contribution in [3.05, 3.63) is 11.2 Å². The molecule has 0 spiro atoms. The van der Waals surface area contributed by atoms with Crippen LogP contribution in [-0.2, 0) is 0 Å². The molecule has 0 bridgehead atoms. The highest BCUT2D eigenvalue weighted by atomic mass is 35.5. The highest BCUT2D eigenvalue weighted by Crippen LogP contribution is 2.24. The number of hydrogen-bond acceptors (Lipinski definition) is 4. The van der Waals surface area contributed by atoms with E-state index in [-0.39, 0.29) is 0 Å². The molecule has 1 aromatic heterocycles. The largest absolute Gasteiger partial charge is 0.357 e. The van der Waals surface area contributed by atoms with Gasteiger partial charge in [-0.05, 0) is 12.8 Å². The summed E-state index contributed by atoms with van der Waals surface area (Å²) in [6.07, 6.45) is 1.64. The van der Waals surface area contributed by atoms with E-state index in [1.54, 1.807) is 13.2 Å². The molecule has 5 heteroatoms. The lowest BCUT2D eigenvalue weighted by Gasteiger charge is -2.24. The van der Waals surface area contributed by atoms with Crippen molar-refractivity contribution in [2.45, 2.75) is 20.8 Å². The Hall–Kier alpha value is -1.03. The molecule has 0 aliphatic rings. The van der Waals surface area contributed by atoms with Crippen LogP contribution in [0.15, 0.2) is 6.20 Å². The summed E-state index contributed by atoms with van der Waals surface area (Å²) in [5.74, 6) is 1.97. The predicted molar refractivity (Wildman–Crippen MR) is 69.3 cm³/mol. The van der Waals surface area contributed by atoms with Crippen molar-refractivity contribution in [3.63, 3.8) is 0 Å². The van der Waals surface area contributed by atoms with Gasteiger partial charge in [0.2, 0.25) is 5.95 Å². The number of nitrogens with one attached hydrogen (secondary N) is 1. The van der Waals surface area contributed by atoms with Gasteiger partial charge in [0.25, 0.3) is 0 Å². The number of anilines is 2. The Labute approximate surface area is 102 Å². The molecule has 0 saturated heterocycles. The molecule has 0 aromatic carbocycles. The molecule has 0 atom stereocenters. The van der Waals surface area contributed by atoms with Crippen LogP contribution in [0.5, 0.6) is 0 Å². The Morgan fingerprint density at radius 2 is 2.19 bits per heavy atom. The van der Waals surface area contributed by atoms with Gasteiger partial charge in [-0.2, -0.15) is 4.98 Å². The molecule has 4 nitrogen and oxygen atoms in total. The summed E-state index contributed by atoms with van der Waals surface area (Å²) >= 11 is 6.12. The summed E-state index contributed by atoms with van der Waals surface area (Å²) in [5.41, 5.74) is 0. The second-order valence-electron chi connectivity index (χ2n) is 4.05. The molecule has 0 unspecified atom stereocenters. The summed E-state index contributed by atoms with van der Waals surface area (Å²) in [7, 11) is 1.80. The molecule has 16 heavy (non-hydrogen) atoms. The SMILES string of the molecule is CCN(CC(C)C)c1nc(NC)ncc1Cl. The quantitative estimate of drug-likeness (QED) is 0.862. The first-order valence-electron chi connectivity index (χ1n) is 5.53. The zero-order chi connectivity index (χ0) is 12.1. The monoisotopic (exact) mass is 242 g/mol. The lowest BCUT2D eigenvalue weighted by Crippen LogP contribution is -2.28. The standard InChI is InChI=1S/C11H19ClN4/c1-5-16(7-8(2)3)10-9(12)6-14-11(13-4)15-10/h6,8H,5,7H2,1-4H3,(H,13,14,15). The van der Waals surface area contributed by atoms with Gasteiger partial charge in [-0.25, -0.2) is 4.98 Å². The number of halogens is 1. The Balaban J connectivity index is 2.98. The molecular formula is C11H19ClN4. The molecule has 1 rings (SSSR count). The van der Waals surface area contributed by atoms with E-state index in [0.29, 0.717) is 16.9 Å². The molecule has 0 radical (unpaired) electrons. The molecule has 90 valence electrons. The van der Waals surface area contributed by atoms with Crippen LogP contribution in [0.4, 0.5) is 11.8 Å². The zero-order valence-electron chi connectivity index (χ0n) is 10.3. The van der Waals surface area contributed by atoms with Gasteiger partial charge < -0.3 is 10.2 Å². The Bertz CT molecular complexity index is 341. The van der Waals surface area contributed by atoms with Crippen LogP contribution in [0, 0.1) is 5.92 Å². The third-order valence-electron chi connectivity index (χ3n) is 2.22.